The molecule has 3 heterocycles. The minimum Gasteiger partial charge on any atom is -0.508 e. The number of fused-ring (bicyclic) bond motifs is 1. The average molecular weight is 1260 g/mol. The van der Waals surface area contributed by atoms with Crippen molar-refractivity contribution >= 4 is 76.0 Å². The number of aromatic amines is 2. The fourth-order valence-corrected chi connectivity index (χ4v) is 9.92. The Morgan fingerprint density at radius 1 is 0.744 bits per heavy atom. The van der Waals surface area contributed by atoms with Gasteiger partial charge in [0.05, 0.1) is 31.2 Å². The molecular formula is C60H88N16O14. The summed E-state index contributed by atoms with van der Waals surface area (Å²) in [5, 5.41) is 52.0. The Morgan fingerprint density at radius 2 is 1.32 bits per heavy atom. The van der Waals surface area contributed by atoms with E-state index in [1.807, 2.05) is 0 Å². The first-order valence-corrected chi connectivity index (χ1v) is 29.9. The molecule has 0 radical (unpaired) electrons. The summed E-state index contributed by atoms with van der Waals surface area (Å²) in [7, 11) is 0. The minimum absolute atomic E-state index is 0.0475. The molecule has 2 aromatic heterocycles. The summed E-state index contributed by atoms with van der Waals surface area (Å²) in [6.07, 6.45) is 4.27. The van der Waals surface area contributed by atoms with Crippen molar-refractivity contribution in [2.24, 2.45) is 28.1 Å². The lowest BCUT2D eigenvalue weighted by Crippen LogP contribution is -2.62. The maximum atomic E-state index is 14.8. The molecule has 30 nitrogen and oxygen atoms in total. The number of aliphatic imine (C=N–C) groups is 1. The van der Waals surface area contributed by atoms with Crippen molar-refractivity contribution in [1.82, 2.24) is 62.4 Å². The van der Waals surface area contributed by atoms with Crippen molar-refractivity contribution in [3.63, 3.8) is 0 Å². The second-order valence-electron chi connectivity index (χ2n) is 23.5. The van der Waals surface area contributed by atoms with Gasteiger partial charge in [0.15, 0.2) is 5.96 Å². The molecule has 0 aliphatic carbocycles. The number of benzene rings is 2. The van der Waals surface area contributed by atoms with Crippen molar-refractivity contribution in [3.8, 4) is 5.75 Å². The van der Waals surface area contributed by atoms with Crippen molar-refractivity contribution in [2.75, 3.05) is 32.8 Å². The number of nitrogens with two attached hydrogens (primary N) is 3. The first kappa shape index (κ1) is 71.6. The summed E-state index contributed by atoms with van der Waals surface area (Å²) in [5.74, 6) is -9.04. The van der Waals surface area contributed by atoms with E-state index in [1.165, 1.54) is 41.7 Å². The predicted octanol–water partition coefficient (Wildman–Crippen LogP) is -1.76. The minimum atomic E-state index is -1.81. The lowest BCUT2D eigenvalue weighted by atomic mass is 10.0. The molecule has 9 atom stereocenters. The van der Waals surface area contributed by atoms with Gasteiger partial charge < -0.3 is 94.7 Å². The molecule has 2 aromatic carbocycles. The quantitative estimate of drug-likeness (QED) is 0.0138. The molecular weight excluding hydrogens is 1170 g/mol. The number of carbonyl (C=O) groups is 10. The highest BCUT2D eigenvalue weighted by atomic mass is 16.5. The number of ether oxygens (including phenoxy) is 1. The number of para-hydroxylation sites is 1. The van der Waals surface area contributed by atoms with Crippen LogP contribution in [0, 0.1) is 5.92 Å². The number of aliphatic hydroxyl groups excluding tert-OH is 1. The van der Waals surface area contributed by atoms with Crippen molar-refractivity contribution in [2.45, 2.75) is 166 Å². The van der Waals surface area contributed by atoms with Crippen LogP contribution in [0.4, 0.5) is 0 Å². The van der Waals surface area contributed by atoms with Crippen LogP contribution in [0.25, 0.3) is 10.9 Å². The molecule has 5 rings (SSSR count). The van der Waals surface area contributed by atoms with Crippen molar-refractivity contribution in [3.05, 3.63) is 84.1 Å². The van der Waals surface area contributed by atoms with E-state index in [0.717, 1.165) is 0 Å². The molecule has 1 aliphatic heterocycles. The standard InChI is InChI=1S/C60H88N16O14/c1-7-65-57(88)48-15-11-23-76(48)58(89)41(14-10-22-66-59(62)63)69-51(82)42(24-33(2)3)71-56(87)47(31-90-60(4,5)6)75-52(83)43(25-34-16-18-37(78)19-17-34)72-55(86)46(30-77)74-53(84)44(26-35-28-67-40-13-9-8-12-38(35)40)73-54(85)45(27-36-29-64-32-68-36)70-50(81)39(61)20-21-49(79)80/h8-9,12-13,16-19,28-29,32-33,39,41-48,67,77-78H,7,10-11,14-15,20-27,30-31,61H2,1-6H3,(H,64,68)(H,65,88)(H,69,82)(H,70,81)(H,71,87)(H,72,86)(H,73,85)(H,74,84)(H,75,83)(H,79,80)(H4,62,63,66)/t39-,41-,42-,43-,44-,45-,46-,47+,48-/m0/s1. The van der Waals surface area contributed by atoms with Gasteiger partial charge in [-0.05, 0) is 101 Å². The number of likely N-dealkylation sites (N-methyl/N-ethyl adjacent to an activating group) is 1. The number of aromatic hydroxyl groups is 1. The molecule has 0 saturated carbocycles. The van der Waals surface area contributed by atoms with Gasteiger partial charge in [-0.3, -0.25) is 52.9 Å². The van der Waals surface area contributed by atoms with Gasteiger partial charge in [-0.2, -0.15) is 0 Å². The number of phenols is 1. The van der Waals surface area contributed by atoms with E-state index in [0.29, 0.717) is 47.1 Å². The number of rotatable bonds is 35. The zero-order chi connectivity index (χ0) is 66.2. The average Bonchev–Trinajstić information content (AvgIpc) is 1.71. The number of hydrogen-bond donors (Lipinski definition) is 16. The second-order valence-corrected chi connectivity index (χ2v) is 23.5. The third-order valence-electron chi connectivity index (χ3n) is 14.6. The number of amides is 9. The molecule has 492 valence electrons. The molecule has 9 amide bonds. The van der Waals surface area contributed by atoms with Gasteiger partial charge in [-0.25, -0.2) is 4.98 Å². The summed E-state index contributed by atoms with van der Waals surface area (Å²) in [6.45, 7) is 9.67. The number of hydrogen-bond acceptors (Lipinski definition) is 16. The Kier molecular flexibility index (Phi) is 27.5. The van der Waals surface area contributed by atoms with E-state index in [4.69, 9.17) is 21.9 Å². The highest BCUT2D eigenvalue weighted by Gasteiger charge is 2.40. The van der Waals surface area contributed by atoms with E-state index >= 15 is 0 Å². The van der Waals surface area contributed by atoms with Crippen molar-refractivity contribution < 1.29 is 68.0 Å². The molecule has 90 heavy (non-hydrogen) atoms. The number of carboxylic acids is 1. The maximum Gasteiger partial charge on any atom is 0.303 e. The van der Waals surface area contributed by atoms with Gasteiger partial charge >= 0.3 is 5.97 Å². The largest absolute Gasteiger partial charge is 0.508 e. The summed E-state index contributed by atoms with van der Waals surface area (Å²) < 4.78 is 6.03. The molecule has 0 spiro atoms. The van der Waals surface area contributed by atoms with Crippen LogP contribution in [0.2, 0.25) is 0 Å². The zero-order valence-corrected chi connectivity index (χ0v) is 51.6. The van der Waals surface area contributed by atoms with Gasteiger partial charge in [-0.15, -0.1) is 0 Å². The number of carbonyl (C=O) groups excluding carboxylic acids is 9. The Bertz CT molecular complexity index is 3110. The molecule has 30 heteroatoms. The van der Waals surface area contributed by atoms with E-state index in [2.05, 4.69) is 62.5 Å². The van der Waals surface area contributed by atoms with Gasteiger partial charge in [-0.1, -0.05) is 44.2 Å². The smallest absolute Gasteiger partial charge is 0.303 e. The summed E-state index contributed by atoms with van der Waals surface area (Å²) in [6, 6.07) is 0.213. The highest BCUT2D eigenvalue weighted by molar-refractivity contribution is 5.99. The predicted molar refractivity (Wildman–Crippen MR) is 330 cm³/mol. The lowest BCUT2D eigenvalue weighted by molar-refractivity contribution is -0.142. The summed E-state index contributed by atoms with van der Waals surface area (Å²) in [4.78, 5) is 155. The first-order chi connectivity index (χ1) is 42.7. The number of aliphatic carboxylic acids is 1. The monoisotopic (exact) mass is 1260 g/mol. The number of H-pyrrole nitrogens is 2. The second kappa shape index (κ2) is 34.6. The molecule has 19 N–H and O–H groups in total. The third-order valence-corrected chi connectivity index (χ3v) is 14.6. The van der Waals surface area contributed by atoms with Crippen LogP contribution in [0.1, 0.15) is 103 Å². The Hall–Kier alpha value is -9.16. The molecule has 0 bridgehead atoms. The number of aliphatic hydroxyl groups is 1. The van der Waals surface area contributed by atoms with Gasteiger partial charge in [0.2, 0.25) is 53.2 Å². The van der Waals surface area contributed by atoms with E-state index in [1.54, 1.807) is 72.0 Å². The molecule has 1 fully saturated rings. The Balaban J connectivity index is 1.42. The topological polar surface area (TPSA) is 475 Å². The number of aromatic nitrogens is 3. The Labute approximate surface area is 521 Å². The van der Waals surface area contributed by atoms with Crippen molar-refractivity contribution in [1.29, 1.82) is 0 Å². The van der Waals surface area contributed by atoms with Gasteiger partial charge in [0, 0.05) is 74.3 Å². The highest BCUT2D eigenvalue weighted by Crippen LogP contribution is 2.22. The SMILES string of the molecule is CCNC(=O)[C@@H]1CCCN1C(=O)[C@H](CCCN=C(N)N)NC(=O)[C@H](CC(C)C)NC(=O)[C@@H](COC(C)(C)C)NC(=O)[C@H](Cc1ccc(O)cc1)NC(=O)[C@H](CO)NC(=O)[C@H](Cc1c[nH]c2ccccc12)NC(=O)[C@H](Cc1cnc[nH]1)NC(=O)[C@@H](N)CCC(=O)O. The first-order valence-electron chi connectivity index (χ1n) is 29.9. The van der Waals surface area contributed by atoms with Crippen LogP contribution >= 0.6 is 0 Å². The summed E-state index contributed by atoms with van der Waals surface area (Å²) in [5.41, 5.74) is 18.2. The number of guanidine groups is 1. The molecule has 0 unspecified atom stereocenters. The Morgan fingerprint density at radius 3 is 1.93 bits per heavy atom. The normalized spacial score (nSPS) is 15.8. The zero-order valence-electron chi connectivity index (χ0n) is 51.6. The lowest BCUT2D eigenvalue weighted by Gasteiger charge is -2.31. The number of nitrogens with one attached hydrogen (secondary N) is 10. The van der Waals surface area contributed by atoms with Crippen LogP contribution in [-0.2, 0) is 71.9 Å². The number of imidazole rings is 1. The number of carboxylic acid groups (broad SMARTS) is 1. The third kappa shape index (κ3) is 22.8. The van der Waals surface area contributed by atoms with Crippen LogP contribution in [-0.4, -0.2) is 193 Å². The number of nitrogens with zero attached hydrogens (tertiary/aromatic N) is 3. The summed E-state index contributed by atoms with van der Waals surface area (Å²) >= 11 is 0. The fourth-order valence-electron chi connectivity index (χ4n) is 9.92. The number of phenolic OH excluding ortho intramolecular Hbond substituents is 1. The van der Waals surface area contributed by atoms with Crippen LogP contribution < -0.4 is 59.7 Å². The van der Waals surface area contributed by atoms with Gasteiger partial charge in [0.25, 0.3) is 0 Å². The molecule has 4 aromatic rings. The molecule has 1 aliphatic rings. The molecule has 1 saturated heterocycles. The van der Waals surface area contributed by atoms with E-state index in [9.17, 15) is 63.3 Å². The number of likely N-dealkylation sites (tertiary alicyclic amines) is 1. The van der Waals surface area contributed by atoms with Crippen LogP contribution in [0.15, 0.2) is 72.2 Å². The van der Waals surface area contributed by atoms with E-state index in [-0.39, 0.29) is 81.6 Å². The van der Waals surface area contributed by atoms with Gasteiger partial charge in [0.1, 0.15) is 54.1 Å². The maximum absolute atomic E-state index is 14.8. The van der Waals surface area contributed by atoms with Crippen LogP contribution in [0.3, 0.4) is 0 Å². The fraction of sp³-hybridized carbons (Fsp3) is 0.533. The van der Waals surface area contributed by atoms with E-state index < -0.39 is 133 Å². The van der Waals surface area contributed by atoms with Crippen LogP contribution in [0.5, 0.6) is 5.75 Å².